The lowest BCUT2D eigenvalue weighted by Gasteiger charge is -2.20. The molecule has 1 N–H and O–H groups in total. The molecule has 1 saturated heterocycles. The van der Waals surface area contributed by atoms with Crippen molar-refractivity contribution in [1.29, 1.82) is 0 Å². The van der Waals surface area contributed by atoms with Crippen molar-refractivity contribution in [2.75, 3.05) is 13.1 Å². The van der Waals surface area contributed by atoms with Crippen molar-refractivity contribution in [3.05, 3.63) is 11.8 Å². The molecule has 1 aromatic heterocycles. The van der Waals surface area contributed by atoms with Crippen LogP contribution in [0, 0.1) is 5.92 Å². The first kappa shape index (κ1) is 9.33. The molecule has 2 fully saturated rings. The van der Waals surface area contributed by atoms with E-state index in [1.165, 1.54) is 25.7 Å². The highest BCUT2D eigenvalue weighted by Crippen LogP contribution is 2.35. The molecule has 0 spiro atoms. The fourth-order valence-electron chi connectivity index (χ4n) is 2.30. The summed E-state index contributed by atoms with van der Waals surface area (Å²) in [7, 11) is 0. The molecule has 2 heterocycles. The number of hydrogen-bond acceptors (Lipinski definition) is 4. The van der Waals surface area contributed by atoms with Crippen LogP contribution in [0.3, 0.4) is 0 Å². The van der Waals surface area contributed by atoms with Gasteiger partial charge in [0.1, 0.15) is 0 Å². The fourth-order valence-corrected chi connectivity index (χ4v) is 2.30. The molecule has 4 nitrogen and oxygen atoms in total. The smallest absolute Gasteiger partial charge is 0.219 e. The summed E-state index contributed by atoms with van der Waals surface area (Å²) in [5.41, 5.74) is 0. The number of aromatic nitrogens is 2. The number of rotatable bonds is 3. The predicted molar refractivity (Wildman–Crippen MR) is 55.6 cm³/mol. The molecule has 1 aromatic rings. The highest BCUT2D eigenvalue weighted by Gasteiger charge is 2.26. The van der Waals surface area contributed by atoms with E-state index in [9.17, 15) is 0 Å². The first-order chi connectivity index (χ1) is 7.42. The normalized spacial score (nSPS) is 26.8. The summed E-state index contributed by atoms with van der Waals surface area (Å²) in [4.78, 5) is 0. The Morgan fingerprint density at radius 1 is 1.27 bits per heavy atom. The van der Waals surface area contributed by atoms with Crippen LogP contribution in [0.15, 0.2) is 4.42 Å². The molecule has 82 valence electrons. The minimum atomic E-state index is 0.563. The summed E-state index contributed by atoms with van der Waals surface area (Å²) in [5, 5.41) is 11.6. The van der Waals surface area contributed by atoms with E-state index in [1.54, 1.807) is 0 Å². The quantitative estimate of drug-likeness (QED) is 0.815. The van der Waals surface area contributed by atoms with Crippen LogP contribution in [0.4, 0.5) is 0 Å². The minimum absolute atomic E-state index is 0.563. The molecule has 1 aliphatic carbocycles. The lowest BCUT2D eigenvalue weighted by atomic mass is 9.85. The molecule has 0 bridgehead atoms. The number of hydrogen-bond donors (Lipinski definition) is 1. The Balaban J connectivity index is 1.62. The van der Waals surface area contributed by atoms with Crippen molar-refractivity contribution in [3.8, 4) is 0 Å². The maximum atomic E-state index is 5.70. The van der Waals surface area contributed by atoms with Crippen molar-refractivity contribution in [2.45, 2.75) is 38.0 Å². The Hall–Kier alpha value is -0.900. The van der Waals surface area contributed by atoms with Crippen LogP contribution in [0.1, 0.15) is 43.4 Å². The third-order valence-electron chi connectivity index (χ3n) is 3.56. The van der Waals surface area contributed by atoms with Crippen molar-refractivity contribution in [1.82, 2.24) is 15.5 Å². The summed E-state index contributed by atoms with van der Waals surface area (Å²) in [6, 6.07) is 0. The summed E-state index contributed by atoms with van der Waals surface area (Å²) in [6.07, 6.45) is 5.96. The van der Waals surface area contributed by atoms with Gasteiger partial charge in [0.05, 0.1) is 0 Å². The number of nitrogens with one attached hydrogen (secondary N) is 1. The van der Waals surface area contributed by atoms with Gasteiger partial charge in [0.15, 0.2) is 0 Å². The average Bonchev–Trinajstić information content (AvgIpc) is 2.75. The van der Waals surface area contributed by atoms with Crippen LogP contribution in [-0.4, -0.2) is 23.3 Å². The highest BCUT2D eigenvalue weighted by molar-refractivity contribution is 4.97. The molecule has 3 rings (SSSR count). The molecule has 1 atom stereocenters. The first-order valence-corrected chi connectivity index (χ1v) is 5.95. The minimum Gasteiger partial charge on any atom is -0.425 e. The molecule has 2 aliphatic rings. The Morgan fingerprint density at radius 3 is 2.87 bits per heavy atom. The molecular weight excluding hydrogens is 190 g/mol. The topological polar surface area (TPSA) is 51.0 Å². The van der Waals surface area contributed by atoms with E-state index in [-0.39, 0.29) is 0 Å². The van der Waals surface area contributed by atoms with Gasteiger partial charge in [0.25, 0.3) is 0 Å². The average molecular weight is 207 g/mol. The van der Waals surface area contributed by atoms with Gasteiger partial charge in [-0.1, -0.05) is 6.42 Å². The Labute approximate surface area is 89.5 Å². The van der Waals surface area contributed by atoms with Crippen molar-refractivity contribution < 1.29 is 4.42 Å². The summed E-state index contributed by atoms with van der Waals surface area (Å²) in [6.45, 7) is 2.23. The van der Waals surface area contributed by atoms with E-state index in [0.29, 0.717) is 11.8 Å². The van der Waals surface area contributed by atoms with Gasteiger partial charge in [-0.05, 0) is 38.3 Å². The van der Waals surface area contributed by atoms with Crippen molar-refractivity contribution in [2.24, 2.45) is 5.92 Å². The Morgan fingerprint density at radius 2 is 2.20 bits per heavy atom. The second kappa shape index (κ2) is 3.93. The monoisotopic (exact) mass is 207 g/mol. The molecule has 0 radical (unpaired) electrons. The van der Waals surface area contributed by atoms with E-state index in [0.717, 1.165) is 31.3 Å². The van der Waals surface area contributed by atoms with E-state index in [4.69, 9.17) is 4.42 Å². The largest absolute Gasteiger partial charge is 0.425 e. The summed E-state index contributed by atoms with van der Waals surface area (Å²) < 4.78 is 5.70. The van der Waals surface area contributed by atoms with Gasteiger partial charge in [-0.2, -0.15) is 0 Å². The lowest BCUT2D eigenvalue weighted by molar-refractivity contribution is 0.319. The zero-order valence-electron chi connectivity index (χ0n) is 8.91. The standard InChI is InChI=1S/C11H17N3O/c1-2-9(3-1)11-14-13-10(15-11)6-8-4-5-12-7-8/h8-9,12H,1-7H2. The maximum Gasteiger partial charge on any atom is 0.219 e. The third kappa shape index (κ3) is 1.91. The zero-order chi connectivity index (χ0) is 10.1. The molecule has 4 heteroatoms. The Kier molecular flexibility index (Phi) is 2.44. The number of nitrogens with zero attached hydrogens (tertiary/aromatic N) is 2. The molecule has 15 heavy (non-hydrogen) atoms. The molecular formula is C11H17N3O. The van der Waals surface area contributed by atoms with Gasteiger partial charge in [-0.25, -0.2) is 0 Å². The van der Waals surface area contributed by atoms with E-state index < -0.39 is 0 Å². The van der Waals surface area contributed by atoms with Crippen molar-refractivity contribution in [3.63, 3.8) is 0 Å². The molecule has 1 unspecified atom stereocenters. The predicted octanol–water partition coefficient (Wildman–Crippen LogP) is 1.49. The van der Waals surface area contributed by atoms with Gasteiger partial charge in [-0.3, -0.25) is 0 Å². The van der Waals surface area contributed by atoms with Crippen molar-refractivity contribution >= 4 is 0 Å². The van der Waals surface area contributed by atoms with Gasteiger partial charge in [0, 0.05) is 12.3 Å². The fraction of sp³-hybridized carbons (Fsp3) is 0.818. The third-order valence-corrected chi connectivity index (χ3v) is 3.56. The van der Waals surface area contributed by atoms with Crippen LogP contribution in [0.5, 0.6) is 0 Å². The molecule has 1 aliphatic heterocycles. The second-order valence-electron chi connectivity index (χ2n) is 4.72. The van der Waals surface area contributed by atoms with Gasteiger partial charge in [-0.15, -0.1) is 10.2 Å². The van der Waals surface area contributed by atoms with Gasteiger partial charge >= 0.3 is 0 Å². The van der Waals surface area contributed by atoms with Crippen LogP contribution in [0.2, 0.25) is 0 Å². The zero-order valence-corrected chi connectivity index (χ0v) is 8.91. The Bertz CT molecular complexity index is 326. The van der Waals surface area contributed by atoms with Crippen LogP contribution in [-0.2, 0) is 6.42 Å². The van der Waals surface area contributed by atoms with Crippen LogP contribution < -0.4 is 5.32 Å². The SMILES string of the molecule is C1CC(c2nnc(CC3CCNC3)o2)C1. The van der Waals surface area contributed by atoms with E-state index in [2.05, 4.69) is 15.5 Å². The van der Waals surface area contributed by atoms with E-state index in [1.807, 2.05) is 0 Å². The first-order valence-electron chi connectivity index (χ1n) is 5.95. The summed E-state index contributed by atoms with van der Waals surface area (Å²) in [5.74, 6) is 2.97. The molecule has 1 saturated carbocycles. The lowest BCUT2D eigenvalue weighted by Crippen LogP contribution is -2.11. The van der Waals surface area contributed by atoms with Crippen LogP contribution >= 0.6 is 0 Å². The van der Waals surface area contributed by atoms with E-state index >= 15 is 0 Å². The van der Waals surface area contributed by atoms with Gasteiger partial charge < -0.3 is 9.73 Å². The second-order valence-corrected chi connectivity index (χ2v) is 4.72. The highest BCUT2D eigenvalue weighted by atomic mass is 16.4. The summed E-state index contributed by atoms with van der Waals surface area (Å²) >= 11 is 0. The molecule has 0 amide bonds. The molecule has 0 aromatic carbocycles. The van der Waals surface area contributed by atoms with Gasteiger partial charge in [0.2, 0.25) is 11.8 Å². The van der Waals surface area contributed by atoms with Crippen LogP contribution in [0.25, 0.3) is 0 Å². The maximum absolute atomic E-state index is 5.70.